The standard InChI is InChI=1S/C18H27NO2/c1-2-9-19-17(13-18-20-10-11-21-18)16-8-4-7-15(12-16)14-5-3-6-14/h4,7-8,12,14,17-19H,2-3,5-6,9-11,13H2,1H3. The second-order valence-corrected chi connectivity index (χ2v) is 6.21. The van der Waals surface area contributed by atoms with E-state index in [9.17, 15) is 0 Å². The summed E-state index contributed by atoms with van der Waals surface area (Å²) in [6, 6.07) is 9.46. The van der Waals surface area contributed by atoms with Crippen molar-refractivity contribution in [1.82, 2.24) is 5.32 Å². The second kappa shape index (κ2) is 7.39. The highest BCUT2D eigenvalue weighted by molar-refractivity contribution is 5.29. The summed E-state index contributed by atoms with van der Waals surface area (Å²) in [6.07, 6.45) is 6.08. The quantitative estimate of drug-likeness (QED) is 0.829. The van der Waals surface area contributed by atoms with E-state index < -0.39 is 0 Å². The van der Waals surface area contributed by atoms with Gasteiger partial charge in [-0.15, -0.1) is 0 Å². The Labute approximate surface area is 128 Å². The second-order valence-electron chi connectivity index (χ2n) is 6.21. The van der Waals surface area contributed by atoms with E-state index in [2.05, 4.69) is 36.5 Å². The highest BCUT2D eigenvalue weighted by Crippen LogP contribution is 2.37. The lowest BCUT2D eigenvalue weighted by molar-refractivity contribution is -0.0530. The van der Waals surface area contributed by atoms with Gasteiger partial charge < -0.3 is 14.8 Å². The highest BCUT2D eigenvalue weighted by Gasteiger charge is 2.24. The van der Waals surface area contributed by atoms with Gasteiger partial charge in [0.15, 0.2) is 6.29 Å². The summed E-state index contributed by atoms with van der Waals surface area (Å²) >= 11 is 0. The summed E-state index contributed by atoms with van der Waals surface area (Å²) in [4.78, 5) is 0. The van der Waals surface area contributed by atoms with E-state index in [-0.39, 0.29) is 6.29 Å². The minimum absolute atomic E-state index is 0.0493. The lowest BCUT2D eigenvalue weighted by atomic mass is 9.79. The third-order valence-corrected chi connectivity index (χ3v) is 4.65. The summed E-state index contributed by atoms with van der Waals surface area (Å²) in [5.41, 5.74) is 2.89. The number of nitrogens with one attached hydrogen (secondary N) is 1. The molecule has 2 fully saturated rings. The van der Waals surface area contributed by atoms with Gasteiger partial charge >= 0.3 is 0 Å². The van der Waals surface area contributed by atoms with E-state index in [1.54, 1.807) is 0 Å². The maximum absolute atomic E-state index is 5.63. The Morgan fingerprint density at radius 2 is 2.05 bits per heavy atom. The molecule has 3 nitrogen and oxygen atoms in total. The molecule has 0 spiro atoms. The minimum Gasteiger partial charge on any atom is -0.350 e. The third kappa shape index (κ3) is 3.85. The minimum atomic E-state index is -0.0493. The lowest BCUT2D eigenvalue weighted by Gasteiger charge is -2.28. The molecule has 0 radical (unpaired) electrons. The maximum Gasteiger partial charge on any atom is 0.159 e. The van der Waals surface area contributed by atoms with Gasteiger partial charge in [0.1, 0.15) is 0 Å². The molecule has 116 valence electrons. The van der Waals surface area contributed by atoms with Crippen LogP contribution in [-0.4, -0.2) is 26.0 Å². The van der Waals surface area contributed by atoms with Crippen LogP contribution >= 0.6 is 0 Å². The van der Waals surface area contributed by atoms with Crippen LogP contribution in [0.25, 0.3) is 0 Å². The van der Waals surface area contributed by atoms with Crippen molar-refractivity contribution in [1.29, 1.82) is 0 Å². The van der Waals surface area contributed by atoms with Crippen LogP contribution in [0.1, 0.15) is 62.1 Å². The molecule has 1 heterocycles. The molecule has 1 atom stereocenters. The molecule has 3 rings (SSSR count). The molecule has 0 bridgehead atoms. The van der Waals surface area contributed by atoms with Gasteiger partial charge in [0, 0.05) is 12.5 Å². The zero-order valence-corrected chi connectivity index (χ0v) is 13.0. The van der Waals surface area contributed by atoms with Gasteiger partial charge in [0.05, 0.1) is 13.2 Å². The molecule has 1 aromatic carbocycles. The molecule has 21 heavy (non-hydrogen) atoms. The van der Waals surface area contributed by atoms with E-state index in [1.807, 2.05) is 0 Å². The number of hydrogen-bond acceptors (Lipinski definition) is 3. The molecule has 3 heteroatoms. The zero-order valence-electron chi connectivity index (χ0n) is 13.0. The largest absolute Gasteiger partial charge is 0.350 e. The van der Waals surface area contributed by atoms with Crippen LogP contribution in [0.2, 0.25) is 0 Å². The topological polar surface area (TPSA) is 30.5 Å². The summed E-state index contributed by atoms with van der Waals surface area (Å²) in [6.45, 7) is 4.70. The number of ether oxygens (including phenoxy) is 2. The molecule has 1 saturated heterocycles. The fourth-order valence-electron chi connectivity index (χ4n) is 3.16. The van der Waals surface area contributed by atoms with Crippen molar-refractivity contribution in [2.24, 2.45) is 0 Å². The molecule has 0 amide bonds. The number of benzene rings is 1. The fourth-order valence-corrected chi connectivity index (χ4v) is 3.16. The summed E-state index contributed by atoms with van der Waals surface area (Å²) < 4.78 is 11.3. The molecule has 1 saturated carbocycles. The Morgan fingerprint density at radius 3 is 2.71 bits per heavy atom. The monoisotopic (exact) mass is 289 g/mol. The summed E-state index contributed by atoms with van der Waals surface area (Å²) in [5.74, 6) is 0.788. The van der Waals surface area contributed by atoms with Crippen molar-refractivity contribution < 1.29 is 9.47 Å². The molecule has 1 aliphatic heterocycles. The smallest absolute Gasteiger partial charge is 0.159 e. The van der Waals surface area contributed by atoms with E-state index in [1.165, 1.54) is 30.4 Å². The van der Waals surface area contributed by atoms with Crippen LogP contribution < -0.4 is 5.32 Å². The predicted octanol–water partition coefficient (Wildman–Crippen LogP) is 3.76. The molecule has 0 aromatic heterocycles. The molecule has 1 aliphatic carbocycles. The first kappa shape index (κ1) is 15.0. The first-order chi connectivity index (χ1) is 10.4. The van der Waals surface area contributed by atoms with Gasteiger partial charge in [-0.25, -0.2) is 0 Å². The van der Waals surface area contributed by atoms with Crippen LogP contribution in [0.3, 0.4) is 0 Å². The number of rotatable bonds is 7. The van der Waals surface area contributed by atoms with Gasteiger partial charge in [0.2, 0.25) is 0 Å². The molecule has 1 unspecified atom stereocenters. The predicted molar refractivity (Wildman–Crippen MR) is 84.4 cm³/mol. The first-order valence-electron chi connectivity index (χ1n) is 8.43. The summed E-state index contributed by atoms with van der Waals surface area (Å²) in [7, 11) is 0. The van der Waals surface area contributed by atoms with Crippen LogP contribution in [0.5, 0.6) is 0 Å². The van der Waals surface area contributed by atoms with Crippen LogP contribution in [-0.2, 0) is 9.47 Å². The van der Waals surface area contributed by atoms with Crippen molar-refractivity contribution in [3.05, 3.63) is 35.4 Å². The van der Waals surface area contributed by atoms with Crippen molar-refractivity contribution >= 4 is 0 Å². The highest BCUT2D eigenvalue weighted by atomic mass is 16.7. The fraction of sp³-hybridized carbons (Fsp3) is 0.667. The lowest BCUT2D eigenvalue weighted by Crippen LogP contribution is -2.27. The molecular weight excluding hydrogens is 262 g/mol. The number of hydrogen-bond donors (Lipinski definition) is 1. The first-order valence-corrected chi connectivity index (χ1v) is 8.43. The SMILES string of the molecule is CCCNC(CC1OCCO1)c1cccc(C2CCC2)c1. The van der Waals surface area contributed by atoms with Gasteiger partial charge in [-0.05, 0) is 42.9 Å². The van der Waals surface area contributed by atoms with E-state index in [4.69, 9.17) is 9.47 Å². The third-order valence-electron chi connectivity index (χ3n) is 4.65. The van der Waals surface area contributed by atoms with E-state index in [0.29, 0.717) is 6.04 Å². The van der Waals surface area contributed by atoms with Crippen LogP contribution in [0, 0.1) is 0 Å². The summed E-state index contributed by atoms with van der Waals surface area (Å²) in [5, 5.41) is 3.65. The maximum atomic E-state index is 5.63. The van der Waals surface area contributed by atoms with Gasteiger partial charge in [-0.2, -0.15) is 0 Å². The Bertz CT molecular complexity index is 439. The molecular formula is C18H27NO2. The van der Waals surface area contributed by atoms with Crippen molar-refractivity contribution in [2.45, 2.75) is 57.3 Å². The van der Waals surface area contributed by atoms with Crippen molar-refractivity contribution in [3.8, 4) is 0 Å². The van der Waals surface area contributed by atoms with Gasteiger partial charge in [0.25, 0.3) is 0 Å². The van der Waals surface area contributed by atoms with E-state index >= 15 is 0 Å². The van der Waals surface area contributed by atoms with E-state index in [0.717, 1.165) is 38.5 Å². The average Bonchev–Trinajstić information content (AvgIpc) is 2.95. The Balaban J connectivity index is 1.70. The average molecular weight is 289 g/mol. The molecule has 1 aromatic rings. The van der Waals surface area contributed by atoms with Crippen LogP contribution in [0.4, 0.5) is 0 Å². The molecule has 1 N–H and O–H groups in total. The molecule has 2 aliphatic rings. The zero-order chi connectivity index (χ0) is 14.5. The Kier molecular flexibility index (Phi) is 5.28. The van der Waals surface area contributed by atoms with Gasteiger partial charge in [-0.3, -0.25) is 0 Å². The van der Waals surface area contributed by atoms with Crippen LogP contribution in [0.15, 0.2) is 24.3 Å². The van der Waals surface area contributed by atoms with Crippen molar-refractivity contribution in [2.75, 3.05) is 19.8 Å². The normalized spacial score (nSPS) is 21.4. The Morgan fingerprint density at radius 1 is 1.24 bits per heavy atom. The van der Waals surface area contributed by atoms with Gasteiger partial charge in [-0.1, -0.05) is 37.6 Å². The Hall–Kier alpha value is -0.900. The van der Waals surface area contributed by atoms with Crippen molar-refractivity contribution in [3.63, 3.8) is 0 Å².